The van der Waals surface area contributed by atoms with Crippen molar-refractivity contribution in [1.29, 1.82) is 0 Å². The predicted molar refractivity (Wildman–Crippen MR) is 121 cm³/mol. The van der Waals surface area contributed by atoms with Crippen molar-refractivity contribution < 1.29 is 22.8 Å². The summed E-state index contributed by atoms with van der Waals surface area (Å²) in [5.74, 6) is -1.42. The molecule has 2 atom stereocenters. The van der Waals surface area contributed by atoms with Crippen LogP contribution in [0.3, 0.4) is 0 Å². The Bertz CT molecular complexity index is 999. The van der Waals surface area contributed by atoms with Gasteiger partial charge in [-0.1, -0.05) is 30.3 Å². The van der Waals surface area contributed by atoms with E-state index in [9.17, 15) is 22.8 Å². The Morgan fingerprint density at radius 3 is 2.55 bits per heavy atom. The maximum Gasteiger partial charge on any atom is 0.409 e. The highest BCUT2D eigenvalue weighted by molar-refractivity contribution is 6.05. The normalized spacial score (nSPS) is 21.3. The second-order valence-electron chi connectivity index (χ2n) is 8.57. The van der Waals surface area contributed by atoms with Gasteiger partial charge in [0.15, 0.2) is 0 Å². The predicted octanol–water partition coefficient (Wildman–Crippen LogP) is 3.89. The van der Waals surface area contributed by atoms with E-state index in [1.165, 1.54) is 12.1 Å². The standard InChI is InChI=1S/C24H27F3N4O2/c1-29(17-8-3-2-4-9-17)15-18-10-7-13-30(18)16-23(33)31-20-12-6-5-11-19(20)28-22(32)14-21(31)24(25,26)27/h2-6,8-9,11-12,18,21H,7,10,13-16H2,1H3,(H,28,32)/t18-,21+/m1/s1. The molecule has 0 radical (unpaired) electrons. The number of alkyl halides is 3. The number of halogens is 3. The molecule has 1 fully saturated rings. The van der Waals surface area contributed by atoms with Crippen molar-refractivity contribution in [3.05, 3.63) is 54.6 Å². The molecule has 2 heterocycles. The van der Waals surface area contributed by atoms with Gasteiger partial charge in [-0.15, -0.1) is 0 Å². The van der Waals surface area contributed by atoms with Gasteiger partial charge in [0.2, 0.25) is 11.8 Å². The maximum absolute atomic E-state index is 14.0. The molecule has 2 aliphatic rings. The van der Waals surface area contributed by atoms with Crippen LogP contribution in [0.25, 0.3) is 0 Å². The third kappa shape index (κ3) is 5.13. The van der Waals surface area contributed by atoms with E-state index in [1.54, 1.807) is 12.1 Å². The molecule has 1 N–H and O–H groups in total. The fourth-order valence-electron chi connectivity index (χ4n) is 4.66. The first-order valence-corrected chi connectivity index (χ1v) is 11.0. The quantitative estimate of drug-likeness (QED) is 0.736. The zero-order valence-electron chi connectivity index (χ0n) is 18.4. The Morgan fingerprint density at radius 1 is 1.12 bits per heavy atom. The molecule has 4 rings (SSSR count). The Labute approximate surface area is 191 Å². The van der Waals surface area contributed by atoms with Crippen molar-refractivity contribution in [1.82, 2.24) is 4.90 Å². The third-order valence-corrected chi connectivity index (χ3v) is 6.29. The van der Waals surface area contributed by atoms with Crippen molar-refractivity contribution in [3.8, 4) is 0 Å². The van der Waals surface area contributed by atoms with E-state index < -0.39 is 30.5 Å². The van der Waals surface area contributed by atoms with E-state index >= 15 is 0 Å². The molecule has 0 saturated carbocycles. The van der Waals surface area contributed by atoms with Crippen LogP contribution in [-0.2, 0) is 9.59 Å². The van der Waals surface area contributed by atoms with Gasteiger partial charge in [-0.2, -0.15) is 13.2 Å². The minimum atomic E-state index is -4.73. The van der Waals surface area contributed by atoms with Crippen LogP contribution < -0.4 is 15.1 Å². The molecule has 0 bridgehead atoms. The molecule has 2 aromatic rings. The smallest absolute Gasteiger partial charge is 0.373 e. The van der Waals surface area contributed by atoms with Gasteiger partial charge in [0, 0.05) is 25.3 Å². The number of anilines is 3. The maximum atomic E-state index is 14.0. The Morgan fingerprint density at radius 2 is 1.82 bits per heavy atom. The molecule has 0 unspecified atom stereocenters. The zero-order chi connectivity index (χ0) is 23.6. The van der Waals surface area contributed by atoms with E-state index in [2.05, 4.69) is 10.2 Å². The molecule has 0 aliphatic carbocycles. The first kappa shape index (κ1) is 23.1. The highest BCUT2D eigenvalue weighted by Crippen LogP contribution is 2.38. The summed E-state index contributed by atoms with van der Waals surface area (Å²) < 4.78 is 41.9. The molecular weight excluding hydrogens is 433 g/mol. The van der Waals surface area contributed by atoms with E-state index in [0.29, 0.717) is 13.1 Å². The van der Waals surface area contributed by atoms with Crippen LogP contribution >= 0.6 is 0 Å². The lowest BCUT2D eigenvalue weighted by Gasteiger charge is -2.35. The molecule has 2 amide bonds. The van der Waals surface area contributed by atoms with Crippen molar-refractivity contribution in [2.24, 2.45) is 0 Å². The number of amides is 2. The number of fused-ring (bicyclic) bond motifs is 1. The van der Waals surface area contributed by atoms with E-state index in [1.807, 2.05) is 42.3 Å². The number of carbonyl (C=O) groups is 2. The Hall–Kier alpha value is -3.07. The molecule has 33 heavy (non-hydrogen) atoms. The second-order valence-corrected chi connectivity index (χ2v) is 8.57. The number of rotatable bonds is 5. The number of benzene rings is 2. The monoisotopic (exact) mass is 460 g/mol. The summed E-state index contributed by atoms with van der Waals surface area (Å²) in [5.41, 5.74) is 1.33. The van der Waals surface area contributed by atoms with E-state index in [0.717, 1.165) is 23.4 Å². The van der Waals surface area contributed by atoms with Crippen LogP contribution in [0.1, 0.15) is 19.3 Å². The largest absolute Gasteiger partial charge is 0.409 e. The van der Waals surface area contributed by atoms with Crippen molar-refractivity contribution in [2.45, 2.75) is 37.5 Å². The molecule has 2 aliphatic heterocycles. The number of nitrogens with zero attached hydrogens (tertiary/aromatic N) is 3. The van der Waals surface area contributed by atoms with Gasteiger partial charge in [-0.25, -0.2) is 0 Å². The average Bonchev–Trinajstić information content (AvgIpc) is 3.13. The summed E-state index contributed by atoms with van der Waals surface area (Å²) in [6.45, 7) is 1.17. The van der Waals surface area contributed by atoms with Gasteiger partial charge in [0.25, 0.3) is 0 Å². The fraction of sp³-hybridized carbons (Fsp3) is 0.417. The summed E-state index contributed by atoms with van der Waals surface area (Å²) in [6.07, 6.45) is -3.82. The minimum Gasteiger partial charge on any atom is -0.373 e. The molecule has 0 aromatic heterocycles. The first-order valence-electron chi connectivity index (χ1n) is 11.0. The summed E-state index contributed by atoms with van der Waals surface area (Å²) in [5, 5.41) is 2.50. The Kier molecular flexibility index (Phi) is 6.60. The number of para-hydroxylation sites is 3. The van der Waals surface area contributed by atoms with E-state index in [4.69, 9.17) is 0 Å². The lowest BCUT2D eigenvalue weighted by Crippen LogP contribution is -2.53. The lowest BCUT2D eigenvalue weighted by atomic mass is 10.1. The van der Waals surface area contributed by atoms with Crippen LogP contribution in [0.15, 0.2) is 54.6 Å². The zero-order valence-corrected chi connectivity index (χ0v) is 18.4. The molecule has 1 saturated heterocycles. The van der Waals surface area contributed by atoms with Gasteiger partial charge in [0.05, 0.1) is 24.3 Å². The summed E-state index contributed by atoms with van der Waals surface area (Å²) in [7, 11) is 1.97. The van der Waals surface area contributed by atoms with Crippen molar-refractivity contribution >= 4 is 28.9 Å². The summed E-state index contributed by atoms with van der Waals surface area (Å²) in [6, 6.07) is 13.8. The number of hydrogen-bond donors (Lipinski definition) is 1. The molecule has 9 heteroatoms. The second kappa shape index (κ2) is 9.43. The molecule has 6 nitrogen and oxygen atoms in total. The van der Waals surface area contributed by atoms with Gasteiger partial charge >= 0.3 is 6.18 Å². The Balaban J connectivity index is 1.55. The van der Waals surface area contributed by atoms with E-state index in [-0.39, 0.29) is 24.0 Å². The number of nitrogens with one attached hydrogen (secondary N) is 1. The third-order valence-electron chi connectivity index (χ3n) is 6.29. The topological polar surface area (TPSA) is 55.9 Å². The van der Waals surface area contributed by atoms with Crippen LogP contribution in [-0.4, -0.2) is 61.7 Å². The van der Waals surface area contributed by atoms with Gasteiger partial charge in [-0.05, 0) is 43.7 Å². The van der Waals surface area contributed by atoms with Gasteiger partial charge in [0.1, 0.15) is 6.04 Å². The lowest BCUT2D eigenvalue weighted by molar-refractivity contribution is -0.158. The number of likely N-dealkylation sites (tertiary alicyclic amines) is 1. The number of likely N-dealkylation sites (N-methyl/N-ethyl adjacent to an activating group) is 1. The van der Waals surface area contributed by atoms with Crippen molar-refractivity contribution in [2.75, 3.05) is 41.8 Å². The van der Waals surface area contributed by atoms with Crippen molar-refractivity contribution in [3.63, 3.8) is 0 Å². The summed E-state index contributed by atoms with van der Waals surface area (Å²) in [4.78, 5) is 30.3. The fourth-order valence-corrected chi connectivity index (χ4v) is 4.66. The highest BCUT2D eigenvalue weighted by Gasteiger charge is 2.49. The summed E-state index contributed by atoms with van der Waals surface area (Å²) >= 11 is 0. The number of carbonyl (C=O) groups excluding carboxylic acids is 2. The van der Waals surface area contributed by atoms with Crippen LogP contribution in [0.2, 0.25) is 0 Å². The van der Waals surface area contributed by atoms with Gasteiger partial charge in [-0.3, -0.25) is 19.4 Å². The van der Waals surface area contributed by atoms with Gasteiger partial charge < -0.3 is 10.2 Å². The molecule has 0 spiro atoms. The average molecular weight is 461 g/mol. The highest BCUT2D eigenvalue weighted by atomic mass is 19.4. The molecular formula is C24H27F3N4O2. The van der Waals surface area contributed by atoms with Crippen LogP contribution in [0, 0.1) is 0 Å². The minimum absolute atomic E-state index is 0.0467. The first-order chi connectivity index (χ1) is 15.7. The van der Waals surface area contributed by atoms with Crippen LogP contribution in [0.4, 0.5) is 30.2 Å². The SMILES string of the molecule is CN(C[C@H]1CCCN1CC(=O)N1c2ccccc2NC(=O)C[C@H]1C(F)(F)F)c1ccccc1. The molecule has 176 valence electrons. The number of hydrogen-bond acceptors (Lipinski definition) is 4. The van der Waals surface area contributed by atoms with Crippen LogP contribution in [0.5, 0.6) is 0 Å². The molecule has 2 aromatic carbocycles.